The van der Waals surface area contributed by atoms with Gasteiger partial charge in [-0.3, -0.25) is 9.13 Å². The van der Waals surface area contributed by atoms with Crippen molar-refractivity contribution >= 4 is 11.0 Å². The maximum Gasteiger partial charge on any atom is 0.328 e. The first-order valence-corrected chi connectivity index (χ1v) is 8.03. The zero-order valence-corrected chi connectivity index (χ0v) is 14.2. The summed E-state index contributed by atoms with van der Waals surface area (Å²) in [4.78, 5) is 12.6. The molecule has 0 saturated carbocycles. The Balaban J connectivity index is 2.10. The summed E-state index contributed by atoms with van der Waals surface area (Å²) in [6, 6.07) is 6.17. The number of aliphatic hydroxyl groups excluding tert-OH is 1. The van der Waals surface area contributed by atoms with E-state index >= 15 is 0 Å². The SMILES string of the molecule is Cn1c(=O)n(CC(C)(C)C)c2ccc(C3C=C(O)C=CC3)cc21. The van der Waals surface area contributed by atoms with Gasteiger partial charge in [0.05, 0.1) is 11.0 Å². The van der Waals surface area contributed by atoms with Crippen LogP contribution in [0.1, 0.15) is 38.7 Å². The first-order valence-electron chi connectivity index (χ1n) is 8.03. The molecule has 4 heteroatoms. The number of rotatable bonds is 2. The maximum absolute atomic E-state index is 12.6. The second-order valence-electron chi connectivity index (χ2n) is 7.57. The molecule has 0 fully saturated rings. The Labute approximate surface area is 136 Å². The Morgan fingerprint density at radius 3 is 2.65 bits per heavy atom. The molecule has 3 rings (SSSR count). The van der Waals surface area contributed by atoms with Crippen LogP contribution in [0.2, 0.25) is 0 Å². The van der Waals surface area contributed by atoms with E-state index in [1.807, 2.05) is 29.8 Å². The molecule has 0 amide bonds. The predicted molar refractivity (Wildman–Crippen MR) is 93.8 cm³/mol. The lowest BCUT2D eigenvalue weighted by molar-refractivity contribution is 0.342. The van der Waals surface area contributed by atoms with Crippen molar-refractivity contribution in [3.63, 3.8) is 0 Å². The number of fused-ring (bicyclic) bond motifs is 1. The van der Waals surface area contributed by atoms with Crippen molar-refractivity contribution in [1.82, 2.24) is 9.13 Å². The highest BCUT2D eigenvalue weighted by molar-refractivity contribution is 5.77. The maximum atomic E-state index is 12.6. The van der Waals surface area contributed by atoms with E-state index in [9.17, 15) is 9.90 Å². The van der Waals surface area contributed by atoms with Gasteiger partial charge in [0.1, 0.15) is 5.76 Å². The molecule has 0 aliphatic heterocycles. The van der Waals surface area contributed by atoms with Crippen LogP contribution in [0.3, 0.4) is 0 Å². The Kier molecular flexibility index (Phi) is 3.71. The quantitative estimate of drug-likeness (QED) is 0.915. The minimum Gasteiger partial charge on any atom is -0.508 e. The summed E-state index contributed by atoms with van der Waals surface area (Å²) >= 11 is 0. The zero-order chi connectivity index (χ0) is 16.8. The van der Waals surface area contributed by atoms with Gasteiger partial charge < -0.3 is 5.11 Å². The zero-order valence-electron chi connectivity index (χ0n) is 14.2. The number of benzene rings is 1. The van der Waals surface area contributed by atoms with Crippen molar-refractivity contribution in [3.05, 3.63) is 58.2 Å². The minimum atomic E-state index is 0.0222. The largest absolute Gasteiger partial charge is 0.508 e. The molecule has 1 aromatic heterocycles. The van der Waals surface area contributed by atoms with Crippen LogP contribution in [0.5, 0.6) is 0 Å². The summed E-state index contributed by atoms with van der Waals surface area (Å²) in [7, 11) is 1.82. The lowest BCUT2D eigenvalue weighted by atomic mass is 9.91. The van der Waals surface area contributed by atoms with E-state index in [1.165, 1.54) is 0 Å². The van der Waals surface area contributed by atoms with E-state index in [0.29, 0.717) is 12.3 Å². The number of allylic oxidation sites excluding steroid dienone is 3. The third-order valence-electron chi connectivity index (χ3n) is 4.28. The number of aromatic nitrogens is 2. The summed E-state index contributed by atoms with van der Waals surface area (Å²) in [5.41, 5.74) is 3.10. The number of hydrogen-bond acceptors (Lipinski definition) is 2. The molecule has 1 aliphatic rings. The van der Waals surface area contributed by atoms with Crippen molar-refractivity contribution in [2.75, 3.05) is 0 Å². The Hall–Kier alpha value is -2.23. The monoisotopic (exact) mass is 312 g/mol. The molecule has 122 valence electrons. The molecule has 0 saturated heterocycles. The number of aryl methyl sites for hydroxylation is 1. The molecular formula is C19H24N2O2. The van der Waals surface area contributed by atoms with Crippen LogP contribution >= 0.6 is 0 Å². The fourth-order valence-electron chi connectivity index (χ4n) is 3.18. The average molecular weight is 312 g/mol. The van der Waals surface area contributed by atoms with Crippen LogP contribution < -0.4 is 5.69 Å². The molecule has 1 aromatic carbocycles. The predicted octanol–water partition coefficient (Wildman–Crippen LogP) is 3.87. The van der Waals surface area contributed by atoms with Gasteiger partial charge >= 0.3 is 5.69 Å². The van der Waals surface area contributed by atoms with Gasteiger partial charge in [-0.25, -0.2) is 4.79 Å². The highest BCUT2D eigenvalue weighted by Gasteiger charge is 2.19. The molecule has 0 bridgehead atoms. The number of imidazole rings is 1. The molecule has 23 heavy (non-hydrogen) atoms. The molecular weight excluding hydrogens is 288 g/mol. The number of nitrogens with zero attached hydrogens (tertiary/aromatic N) is 2. The normalized spacial score (nSPS) is 18.4. The molecule has 0 spiro atoms. The van der Waals surface area contributed by atoms with E-state index in [1.54, 1.807) is 10.6 Å². The van der Waals surface area contributed by atoms with Gasteiger partial charge in [0, 0.05) is 19.5 Å². The third kappa shape index (κ3) is 2.98. The fourth-order valence-corrected chi connectivity index (χ4v) is 3.18. The van der Waals surface area contributed by atoms with E-state index in [0.717, 1.165) is 23.0 Å². The molecule has 1 N–H and O–H groups in total. The number of hydrogen-bond donors (Lipinski definition) is 1. The molecule has 4 nitrogen and oxygen atoms in total. The van der Waals surface area contributed by atoms with Crippen LogP contribution in [0.4, 0.5) is 0 Å². The minimum absolute atomic E-state index is 0.0222. The van der Waals surface area contributed by atoms with E-state index in [2.05, 4.69) is 32.9 Å². The molecule has 1 unspecified atom stereocenters. The van der Waals surface area contributed by atoms with Gasteiger partial charge in [-0.1, -0.05) is 32.9 Å². The van der Waals surface area contributed by atoms with Crippen molar-refractivity contribution in [2.24, 2.45) is 12.5 Å². The smallest absolute Gasteiger partial charge is 0.328 e. The summed E-state index contributed by atoms with van der Waals surface area (Å²) in [5, 5.41) is 9.70. The van der Waals surface area contributed by atoms with Gasteiger partial charge in [-0.05, 0) is 41.7 Å². The molecule has 1 aliphatic carbocycles. The highest BCUT2D eigenvalue weighted by Crippen LogP contribution is 2.29. The fraction of sp³-hybridized carbons (Fsp3) is 0.421. The average Bonchev–Trinajstić information content (AvgIpc) is 2.71. The Morgan fingerprint density at radius 2 is 2.00 bits per heavy atom. The van der Waals surface area contributed by atoms with Gasteiger partial charge in [0.15, 0.2) is 0 Å². The summed E-state index contributed by atoms with van der Waals surface area (Å²) in [6.45, 7) is 7.09. The van der Waals surface area contributed by atoms with E-state index < -0.39 is 0 Å². The van der Waals surface area contributed by atoms with Crippen molar-refractivity contribution in [2.45, 2.75) is 39.7 Å². The second-order valence-corrected chi connectivity index (χ2v) is 7.57. The van der Waals surface area contributed by atoms with Crippen LogP contribution in [-0.4, -0.2) is 14.2 Å². The summed E-state index contributed by atoms with van der Waals surface area (Å²) in [6.07, 6.45) is 6.44. The van der Waals surface area contributed by atoms with Gasteiger partial charge in [-0.2, -0.15) is 0 Å². The summed E-state index contributed by atoms with van der Waals surface area (Å²) < 4.78 is 3.57. The van der Waals surface area contributed by atoms with Crippen LogP contribution in [-0.2, 0) is 13.6 Å². The highest BCUT2D eigenvalue weighted by atomic mass is 16.3. The van der Waals surface area contributed by atoms with Crippen LogP contribution in [0.15, 0.2) is 47.0 Å². The van der Waals surface area contributed by atoms with Crippen LogP contribution in [0.25, 0.3) is 11.0 Å². The lowest BCUT2D eigenvalue weighted by Gasteiger charge is -2.19. The molecule has 0 radical (unpaired) electrons. The molecule has 2 aromatic rings. The first-order chi connectivity index (χ1) is 10.8. The standard InChI is InChI=1S/C19H24N2O2/c1-19(2,3)12-21-16-9-8-14(11-17(16)20(4)18(21)23)13-6-5-7-15(22)10-13/h5,7-11,13,22H,6,12H2,1-4H3. The van der Waals surface area contributed by atoms with Crippen molar-refractivity contribution < 1.29 is 5.11 Å². The molecule has 1 heterocycles. The van der Waals surface area contributed by atoms with E-state index in [-0.39, 0.29) is 17.0 Å². The third-order valence-corrected chi connectivity index (χ3v) is 4.28. The van der Waals surface area contributed by atoms with Gasteiger partial charge in [-0.15, -0.1) is 0 Å². The Morgan fingerprint density at radius 1 is 1.26 bits per heavy atom. The summed E-state index contributed by atoms with van der Waals surface area (Å²) in [5.74, 6) is 0.464. The lowest BCUT2D eigenvalue weighted by Crippen LogP contribution is -2.27. The second kappa shape index (κ2) is 5.44. The molecule has 1 atom stereocenters. The van der Waals surface area contributed by atoms with Crippen molar-refractivity contribution in [1.29, 1.82) is 0 Å². The first kappa shape index (κ1) is 15.7. The number of aliphatic hydroxyl groups is 1. The van der Waals surface area contributed by atoms with Gasteiger partial charge in [0.2, 0.25) is 0 Å². The van der Waals surface area contributed by atoms with Gasteiger partial charge in [0.25, 0.3) is 0 Å². The topological polar surface area (TPSA) is 47.2 Å². The van der Waals surface area contributed by atoms with Crippen LogP contribution in [0, 0.1) is 5.41 Å². The van der Waals surface area contributed by atoms with E-state index in [4.69, 9.17) is 0 Å². The Bertz CT molecular complexity index is 860. The van der Waals surface area contributed by atoms with Crippen molar-refractivity contribution in [3.8, 4) is 0 Å².